The predicted octanol–water partition coefficient (Wildman–Crippen LogP) is 1.67. The normalized spacial score (nSPS) is 11.4. The summed E-state index contributed by atoms with van der Waals surface area (Å²) in [6.45, 7) is 7.88. The fourth-order valence-electron chi connectivity index (χ4n) is 1.45. The highest BCUT2D eigenvalue weighted by atomic mass is 16.1. The molecule has 14 heavy (non-hydrogen) atoms. The van der Waals surface area contributed by atoms with Gasteiger partial charge in [0.15, 0.2) is 0 Å². The second-order valence-corrected chi connectivity index (χ2v) is 4.58. The van der Waals surface area contributed by atoms with Crippen molar-refractivity contribution in [1.82, 2.24) is 5.32 Å². The topological polar surface area (TPSA) is 55.1 Å². The summed E-state index contributed by atoms with van der Waals surface area (Å²) in [5.41, 5.74) is 5.54. The lowest BCUT2D eigenvalue weighted by molar-refractivity contribution is -0.121. The summed E-state index contributed by atoms with van der Waals surface area (Å²) in [6.07, 6.45) is 3.63. The van der Waals surface area contributed by atoms with E-state index in [4.69, 9.17) is 5.73 Å². The summed E-state index contributed by atoms with van der Waals surface area (Å²) >= 11 is 0. The van der Waals surface area contributed by atoms with E-state index in [1.807, 2.05) is 0 Å². The Kier molecular flexibility index (Phi) is 6.54. The van der Waals surface area contributed by atoms with Crippen molar-refractivity contribution >= 4 is 5.91 Å². The quantitative estimate of drug-likeness (QED) is 0.657. The maximum atomic E-state index is 11.3. The standard InChI is InChI=1S/C11H24N2O/c1-4-7-11(2,3)9-13-10(14)6-5-8-12/h4-9,12H2,1-3H3,(H,13,14). The highest BCUT2D eigenvalue weighted by molar-refractivity contribution is 5.75. The zero-order chi connectivity index (χ0) is 11.0. The first kappa shape index (κ1) is 13.4. The van der Waals surface area contributed by atoms with Crippen LogP contribution in [0.5, 0.6) is 0 Å². The lowest BCUT2D eigenvalue weighted by atomic mass is 9.88. The Morgan fingerprint density at radius 3 is 2.57 bits per heavy atom. The van der Waals surface area contributed by atoms with E-state index < -0.39 is 0 Å². The lowest BCUT2D eigenvalue weighted by Crippen LogP contribution is -2.34. The van der Waals surface area contributed by atoms with E-state index >= 15 is 0 Å². The first-order valence-electron chi connectivity index (χ1n) is 5.48. The molecule has 0 heterocycles. The third-order valence-electron chi connectivity index (χ3n) is 2.30. The molecule has 0 aromatic heterocycles. The second kappa shape index (κ2) is 6.82. The molecule has 0 radical (unpaired) electrons. The molecule has 0 rings (SSSR count). The molecule has 3 nitrogen and oxygen atoms in total. The van der Waals surface area contributed by atoms with E-state index in [1.54, 1.807) is 0 Å². The molecule has 0 unspecified atom stereocenters. The van der Waals surface area contributed by atoms with Gasteiger partial charge in [-0.15, -0.1) is 0 Å². The fourth-order valence-corrected chi connectivity index (χ4v) is 1.45. The van der Waals surface area contributed by atoms with Crippen LogP contribution in [0.15, 0.2) is 0 Å². The van der Waals surface area contributed by atoms with Gasteiger partial charge in [-0.3, -0.25) is 4.79 Å². The van der Waals surface area contributed by atoms with Crippen molar-refractivity contribution in [3.05, 3.63) is 0 Å². The second-order valence-electron chi connectivity index (χ2n) is 4.58. The summed E-state index contributed by atoms with van der Waals surface area (Å²) in [7, 11) is 0. The van der Waals surface area contributed by atoms with Gasteiger partial charge in [0.1, 0.15) is 0 Å². The van der Waals surface area contributed by atoms with Crippen LogP contribution < -0.4 is 11.1 Å². The van der Waals surface area contributed by atoms with E-state index in [-0.39, 0.29) is 11.3 Å². The number of hydrogen-bond donors (Lipinski definition) is 2. The minimum Gasteiger partial charge on any atom is -0.356 e. The third-order valence-corrected chi connectivity index (χ3v) is 2.30. The minimum atomic E-state index is 0.125. The Hall–Kier alpha value is -0.570. The fraction of sp³-hybridized carbons (Fsp3) is 0.909. The van der Waals surface area contributed by atoms with Crippen LogP contribution in [-0.2, 0) is 4.79 Å². The number of carbonyl (C=O) groups excluding carboxylic acids is 1. The summed E-state index contributed by atoms with van der Waals surface area (Å²) < 4.78 is 0. The van der Waals surface area contributed by atoms with Crippen LogP contribution in [0.4, 0.5) is 0 Å². The van der Waals surface area contributed by atoms with Crippen molar-refractivity contribution in [2.75, 3.05) is 13.1 Å². The first-order chi connectivity index (χ1) is 6.52. The average molecular weight is 200 g/mol. The maximum absolute atomic E-state index is 11.3. The van der Waals surface area contributed by atoms with E-state index in [2.05, 4.69) is 26.1 Å². The molecule has 1 amide bonds. The van der Waals surface area contributed by atoms with Gasteiger partial charge in [-0.1, -0.05) is 27.2 Å². The molecule has 0 saturated carbocycles. The van der Waals surface area contributed by atoms with Gasteiger partial charge in [0, 0.05) is 13.0 Å². The molecule has 3 heteroatoms. The van der Waals surface area contributed by atoms with E-state index in [0.717, 1.165) is 25.8 Å². The molecule has 3 N–H and O–H groups in total. The first-order valence-corrected chi connectivity index (χ1v) is 5.48. The number of nitrogens with two attached hydrogens (primary N) is 1. The largest absolute Gasteiger partial charge is 0.356 e. The Bertz CT molecular complexity index is 167. The molecule has 0 bridgehead atoms. The molecular weight excluding hydrogens is 176 g/mol. The Morgan fingerprint density at radius 1 is 1.43 bits per heavy atom. The molecule has 0 aromatic rings. The maximum Gasteiger partial charge on any atom is 0.220 e. The molecule has 84 valence electrons. The molecular formula is C11H24N2O. The van der Waals surface area contributed by atoms with Gasteiger partial charge in [0.2, 0.25) is 5.91 Å². The van der Waals surface area contributed by atoms with Gasteiger partial charge in [-0.25, -0.2) is 0 Å². The number of rotatable bonds is 7. The zero-order valence-electron chi connectivity index (χ0n) is 9.73. The molecule has 0 spiro atoms. The minimum absolute atomic E-state index is 0.125. The number of hydrogen-bond acceptors (Lipinski definition) is 2. The number of nitrogens with one attached hydrogen (secondary N) is 1. The Balaban J connectivity index is 3.64. The van der Waals surface area contributed by atoms with Crippen molar-refractivity contribution in [3.63, 3.8) is 0 Å². The van der Waals surface area contributed by atoms with Crippen LogP contribution in [0, 0.1) is 5.41 Å². The van der Waals surface area contributed by atoms with Crippen LogP contribution in [0.3, 0.4) is 0 Å². The Morgan fingerprint density at radius 2 is 2.07 bits per heavy atom. The van der Waals surface area contributed by atoms with Crippen LogP contribution in [0.1, 0.15) is 46.5 Å². The van der Waals surface area contributed by atoms with Crippen molar-refractivity contribution < 1.29 is 4.79 Å². The van der Waals surface area contributed by atoms with E-state index in [1.165, 1.54) is 0 Å². The highest BCUT2D eigenvalue weighted by Gasteiger charge is 2.17. The summed E-state index contributed by atoms with van der Waals surface area (Å²) in [5, 5.41) is 2.95. The molecule has 0 atom stereocenters. The molecule has 0 fully saturated rings. The van der Waals surface area contributed by atoms with E-state index in [9.17, 15) is 4.79 Å². The number of carbonyl (C=O) groups is 1. The summed E-state index contributed by atoms with van der Waals surface area (Å²) in [6, 6.07) is 0. The molecule has 0 saturated heterocycles. The Labute approximate surface area is 87.4 Å². The van der Waals surface area contributed by atoms with Gasteiger partial charge >= 0.3 is 0 Å². The molecule has 0 aliphatic carbocycles. The van der Waals surface area contributed by atoms with Crippen molar-refractivity contribution in [2.45, 2.75) is 46.5 Å². The predicted molar refractivity (Wildman–Crippen MR) is 60.0 cm³/mol. The van der Waals surface area contributed by atoms with Crippen LogP contribution in [-0.4, -0.2) is 19.0 Å². The lowest BCUT2D eigenvalue weighted by Gasteiger charge is -2.24. The highest BCUT2D eigenvalue weighted by Crippen LogP contribution is 2.20. The van der Waals surface area contributed by atoms with Gasteiger partial charge in [0.25, 0.3) is 0 Å². The van der Waals surface area contributed by atoms with Crippen molar-refractivity contribution in [2.24, 2.45) is 11.1 Å². The summed E-state index contributed by atoms with van der Waals surface area (Å²) in [5.74, 6) is 0.125. The van der Waals surface area contributed by atoms with Gasteiger partial charge in [-0.2, -0.15) is 0 Å². The van der Waals surface area contributed by atoms with Crippen LogP contribution >= 0.6 is 0 Å². The van der Waals surface area contributed by atoms with E-state index in [0.29, 0.717) is 13.0 Å². The van der Waals surface area contributed by atoms with Gasteiger partial charge in [-0.05, 0) is 24.8 Å². The molecule has 0 aliphatic heterocycles. The number of amides is 1. The van der Waals surface area contributed by atoms with Gasteiger partial charge in [0.05, 0.1) is 0 Å². The van der Waals surface area contributed by atoms with Crippen LogP contribution in [0.25, 0.3) is 0 Å². The molecule has 0 aliphatic rings. The zero-order valence-corrected chi connectivity index (χ0v) is 9.73. The van der Waals surface area contributed by atoms with Crippen molar-refractivity contribution in [3.8, 4) is 0 Å². The van der Waals surface area contributed by atoms with Crippen LogP contribution in [0.2, 0.25) is 0 Å². The monoisotopic (exact) mass is 200 g/mol. The van der Waals surface area contributed by atoms with Gasteiger partial charge < -0.3 is 11.1 Å². The SMILES string of the molecule is CCCC(C)(C)CNC(=O)CCCN. The third kappa shape index (κ3) is 6.89. The van der Waals surface area contributed by atoms with Crippen molar-refractivity contribution in [1.29, 1.82) is 0 Å². The summed E-state index contributed by atoms with van der Waals surface area (Å²) in [4.78, 5) is 11.3. The molecule has 0 aromatic carbocycles. The average Bonchev–Trinajstić information content (AvgIpc) is 2.11. The smallest absolute Gasteiger partial charge is 0.220 e.